The summed E-state index contributed by atoms with van der Waals surface area (Å²) in [5.41, 5.74) is 1.25. The molecule has 0 radical (unpaired) electrons. The number of aromatic nitrogens is 1. The number of hydrogen-bond acceptors (Lipinski definition) is 3. The minimum Gasteiger partial charge on any atom is -0.314 e. The molecule has 102 valence electrons. The van der Waals surface area contributed by atoms with Gasteiger partial charge in [0.2, 0.25) is 0 Å². The van der Waals surface area contributed by atoms with Gasteiger partial charge in [-0.2, -0.15) is 0 Å². The van der Waals surface area contributed by atoms with Gasteiger partial charge < -0.3 is 5.32 Å². The number of aryl methyl sites for hydroxylation is 1. The molecule has 0 aliphatic heterocycles. The summed E-state index contributed by atoms with van der Waals surface area (Å²) >= 11 is 1.76. The highest BCUT2D eigenvalue weighted by Crippen LogP contribution is 2.29. The maximum Gasteiger partial charge on any atom is 0.0897 e. The standard InChI is InChI=1S/C15H26N2S/c1-11(2)13-4-6-14(7-5-13)16-9-8-15-10-18-12(3)17-15/h10-11,13-14,16H,4-9H2,1-3H3. The Morgan fingerprint density at radius 2 is 2.06 bits per heavy atom. The maximum atomic E-state index is 4.51. The molecule has 2 rings (SSSR count). The molecule has 1 fully saturated rings. The minimum absolute atomic E-state index is 0.750. The average molecular weight is 266 g/mol. The second kappa shape index (κ2) is 6.67. The molecule has 3 heteroatoms. The van der Waals surface area contributed by atoms with Crippen molar-refractivity contribution in [1.29, 1.82) is 0 Å². The lowest BCUT2D eigenvalue weighted by Gasteiger charge is -2.31. The van der Waals surface area contributed by atoms with Crippen LogP contribution >= 0.6 is 11.3 Å². The monoisotopic (exact) mass is 266 g/mol. The predicted octanol–water partition coefficient (Wildman–Crippen LogP) is 3.80. The van der Waals surface area contributed by atoms with Crippen LogP contribution < -0.4 is 5.32 Å². The van der Waals surface area contributed by atoms with Gasteiger partial charge in [-0.05, 0) is 44.4 Å². The van der Waals surface area contributed by atoms with Crippen LogP contribution in [0.25, 0.3) is 0 Å². The van der Waals surface area contributed by atoms with E-state index in [1.165, 1.54) is 36.4 Å². The van der Waals surface area contributed by atoms with Crippen molar-refractivity contribution in [2.45, 2.75) is 58.9 Å². The normalized spacial score (nSPS) is 24.7. The molecule has 1 heterocycles. The van der Waals surface area contributed by atoms with Crippen molar-refractivity contribution < 1.29 is 0 Å². The Labute approximate surface area is 115 Å². The Balaban J connectivity index is 1.63. The first kappa shape index (κ1) is 14.0. The zero-order valence-electron chi connectivity index (χ0n) is 11.9. The SMILES string of the molecule is Cc1nc(CCNC2CCC(C(C)C)CC2)cs1. The number of hydrogen-bond donors (Lipinski definition) is 1. The maximum absolute atomic E-state index is 4.51. The molecule has 1 aliphatic rings. The van der Waals surface area contributed by atoms with E-state index in [9.17, 15) is 0 Å². The van der Waals surface area contributed by atoms with E-state index in [0.717, 1.165) is 30.8 Å². The predicted molar refractivity (Wildman–Crippen MR) is 79.1 cm³/mol. The fourth-order valence-electron chi connectivity index (χ4n) is 2.92. The van der Waals surface area contributed by atoms with Crippen molar-refractivity contribution in [3.63, 3.8) is 0 Å². The van der Waals surface area contributed by atoms with Crippen LogP contribution in [0.5, 0.6) is 0 Å². The molecule has 1 aromatic heterocycles. The highest BCUT2D eigenvalue weighted by Gasteiger charge is 2.22. The fourth-order valence-corrected chi connectivity index (χ4v) is 3.56. The van der Waals surface area contributed by atoms with Gasteiger partial charge >= 0.3 is 0 Å². The van der Waals surface area contributed by atoms with E-state index < -0.39 is 0 Å². The third-order valence-electron chi connectivity index (χ3n) is 4.20. The molecule has 0 saturated heterocycles. The molecular formula is C15H26N2S. The first-order valence-electron chi connectivity index (χ1n) is 7.29. The lowest BCUT2D eigenvalue weighted by Crippen LogP contribution is -2.35. The molecule has 2 nitrogen and oxygen atoms in total. The van der Waals surface area contributed by atoms with Crippen molar-refractivity contribution >= 4 is 11.3 Å². The van der Waals surface area contributed by atoms with Crippen LogP contribution in [-0.4, -0.2) is 17.6 Å². The van der Waals surface area contributed by atoms with Crippen LogP contribution in [0.15, 0.2) is 5.38 Å². The quantitative estimate of drug-likeness (QED) is 0.877. The highest BCUT2D eigenvalue weighted by atomic mass is 32.1. The van der Waals surface area contributed by atoms with E-state index in [4.69, 9.17) is 0 Å². The Hall–Kier alpha value is -0.410. The summed E-state index contributed by atoms with van der Waals surface area (Å²) in [4.78, 5) is 4.51. The van der Waals surface area contributed by atoms with Crippen molar-refractivity contribution in [3.05, 3.63) is 16.1 Å². The van der Waals surface area contributed by atoms with E-state index in [1.54, 1.807) is 11.3 Å². The summed E-state index contributed by atoms with van der Waals surface area (Å²) < 4.78 is 0. The van der Waals surface area contributed by atoms with Gasteiger partial charge in [0.15, 0.2) is 0 Å². The summed E-state index contributed by atoms with van der Waals surface area (Å²) in [6.07, 6.45) is 6.61. The molecule has 1 N–H and O–H groups in total. The average Bonchev–Trinajstić information content (AvgIpc) is 2.76. The van der Waals surface area contributed by atoms with Gasteiger partial charge in [0.1, 0.15) is 0 Å². The summed E-state index contributed by atoms with van der Waals surface area (Å²) in [7, 11) is 0. The number of nitrogens with one attached hydrogen (secondary N) is 1. The summed E-state index contributed by atoms with van der Waals surface area (Å²) in [6.45, 7) is 7.89. The molecule has 0 unspecified atom stereocenters. The summed E-state index contributed by atoms with van der Waals surface area (Å²) in [5, 5.41) is 7.07. The van der Waals surface area contributed by atoms with Crippen molar-refractivity contribution in [2.24, 2.45) is 11.8 Å². The molecule has 0 amide bonds. The molecular weight excluding hydrogens is 240 g/mol. The summed E-state index contributed by atoms with van der Waals surface area (Å²) in [5.74, 6) is 1.83. The van der Waals surface area contributed by atoms with E-state index in [0.29, 0.717) is 0 Å². The number of rotatable bonds is 5. The van der Waals surface area contributed by atoms with E-state index >= 15 is 0 Å². The van der Waals surface area contributed by atoms with Gasteiger partial charge in [0.25, 0.3) is 0 Å². The molecule has 0 atom stereocenters. The van der Waals surface area contributed by atoms with Crippen LogP contribution in [0, 0.1) is 18.8 Å². The van der Waals surface area contributed by atoms with Crippen LogP contribution in [0.4, 0.5) is 0 Å². The zero-order valence-corrected chi connectivity index (χ0v) is 12.7. The second-order valence-electron chi connectivity index (χ2n) is 5.92. The summed E-state index contributed by atoms with van der Waals surface area (Å²) in [6, 6.07) is 0.750. The molecule has 0 spiro atoms. The van der Waals surface area contributed by atoms with Gasteiger partial charge in [0, 0.05) is 24.4 Å². The lowest BCUT2D eigenvalue weighted by atomic mass is 9.80. The smallest absolute Gasteiger partial charge is 0.0897 e. The largest absolute Gasteiger partial charge is 0.314 e. The van der Waals surface area contributed by atoms with Gasteiger partial charge in [-0.15, -0.1) is 11.3 Å². The van der Waals surface area contributed by atoms with Crippen LogP contribution in [0.3, 0.4) is 0 Å². The molecule has 1 saturated carbocycles. The van der Waals surface area contributed by atoms with Crippen molar-refractivity contribution in [3.8, 4) is 0 Å². The van der Waals surface area contributed by atoms with Crippen LogP contribution in [-0.2, 0) is 6.42 Å². The van der Waals surface area contributed by atoms with E-state index in [1.807, 2.05) is 0 Å². The molecule has 1 aromatic rings. The second-order valence-corrected chi connectivity index (χ2v) is 6.98. The molecule has 0 aromatic carbocycles. The zero-order chi connectivity index (χ0) is 13.0. The van der Waals surface area contributed by atoms with Crippen LogP contribution in [0.1, 0.15) is 50.2 Å². The van der Waals surface area contributed by atoms with E-state index in [2.05, 4.69) is 36.5 Å². The van der Waals surface area contributed by atoms with Gasteiger partial charge in [-0.3, -0.25) is 0 Å². The van der Waals surface area contributed by atoms with E-state index in [-0.39, 0.29) is 0 Å². The Kier molecular flexibility index (Phi) is 5.19. The Morgan fingerprint density at radius 3 is 2.61 bits per heavy atom. The number of nitrogens with zero attached hydrogens (tertiary/aromatic N) is 1. The third-order valence-corrected chi connectivity index (χ3v) is 5.02. The van der Waals surface area contributed by atoms with Crippen molar-refractivity contribution in [2.75, 3.05) is 6.54 Å². The lowest BCUT2D eigenvalue weighted by molar-refractivity contribution is 0.239. The molecule has 1 aliphatic carbocycles. The molecule has 18 heavy (non-hydrogen) atoms. The van der Waals surface area contributed by atoms with Gasteiger partial charge in [0.05, 0.1) is 10.7 Å². The number of thiazole rings is 1. The van der Waals surface area contributed by atoms with Crippen molar-refractivity contribution in [1.82, 2.24) is 10.3 Å². The van der Waals surface area contributed by atoms with Gasteiger partial charge in [-0.1, -0.05) is 13.8 Å². The topological polar surface area (TPSA) is 24.9 Å². The fraction of sp³-hybridized carbons (Fsp3) is 0.800. The Morgan fingerprint density at radius 1 is 1.33 bits per heavy atom. The Bertz CT molecular complexity index is 351. The first-order chi connectivity index (χ1) is 8.65. The third kappa shape index (κ3) is 4.06. The minimum atomic E-state index is 0.750. The first-order valence-corrected chi connectivity index (χ1v) is 8.17. The molecule has 0 bridgehead atoms. The van der Waals surface area contributed by atoms with Crippen LogP contribution in [0.2, 0.25) is 0 Å². The van der Waals surface area contributed by atoms with Gasteiger partial charge in [-0.25, -0.2) is 4.98 Å². The highest BCUT2D eigenvalue weighted by molar-refractivity contribution is 7.09.